The fourth-order valence-corrected chi connectivity index (χ4v) is 1.67. The molecule has 2 aromatic carbocycles. The number of fused-ring (bicyclic) bond motifs is 1. The zero-order valence-corrected chi connectivity index (χ0v) is 9.70. The van der Waals surface area contributed by atoms with Gasteiger partial charge in [-0.25, -0.2) is 0 Å². The van der Waals surface area contributed by atoms with Gasteiger partial charge in [0.25, 0.3) is 0 Å². The largest absolute Gasteiger partial charge is 0.508 e. The molecule has 0 heterocycles. The van der Waals surface area contributed by atoms with Crippen LogP contribution in [0.15, 0.2) is 24.3 Å². The maximum Gasteiger partial charge on any atom is 0.123 e. The van der Waals surface area contributed by atoms with Gasteiger partial charge in [0.2, 0.25) is 0 Å². The van der Waals surface area contributed by atoms with Crippen molar-refractivity contribution in [3.63, 3.8) is 0 Å². The molecule has 0 bridgehead atoms. The summed E-state index contributed by atoms with van der Waals surface area (Å²) in [4.78, 5) is 0. The first kappa shape index (κ1) is 11.7. The highest BCUT2D eigenvalue weighted by Crippen LogP contribution is 2.32. The van der Waals surface area contributed by atoms with E-state index in [0.29, 0.717) is 0 Å². The van der Waals surface area contributed by atoms with Crippen LogP contribution in [0.2, 0.25) is 0 Å². The number of hydrogen-bond donors (Lipinski definition) is 2. The van der Waals surface area contributed by atoms with Gasteiger partial charge in [-0.1, -0.05) is 0 Å². The zero-order valence-electron chi connectivity index (χ0n) is 8.70. The molecule has 0 spiro atoms. The Labute approximate surface area is 95.6 Å². The molecule has 80 valence electrons. The van der Waals surface area contributed by atoms with Gasteiger partial charge in [0.05, 0.1) is 0 Å². The Morgan fingerprint density at radius 2 is 1.60 bits per heavy atom. The summed E-state index contributed by atoms with van der Waals surface area (Å²) in [6, 6.07) is 6.73. The van der Waals surface area contributed by atoms with Gasteiger partial charge in [-0.2, -0.15) is 13.5 Å². The Morgan fingerprint density at radius 3 is 2.27 bits per heavy atom. The van der Waals surface area contributed by atoms with E-state index in [1.54, 1.807) is 24.3 Å². The summed E-state index contributed by atoms with van der Waals surface area (Å²) >= 11 is 0. The quantitative estimate of drug-likeness (QED) is 0.719. The Balaban J connectivity index is 0.00000112. The zero-order chi connectivity index (χ0) is 10.3. The molecule has 0 saturated carbocycles. The highest BCUT2D eigenvalue weighted by Gasteiger charge is 2.06. The molecule has 2 aromatic rings. The summed E-state index contributed by atoms with van der Waals surface area (Å²) in [6.07, 6.45) is 0. The maximum absolute atomic E-state index is 9.69. The molecule has 2 rings (SSSR count). The molecular formula is C12H14O2S. The summed E-state index contributed by atoms with van der Waals surface area (Å²) in [7, 11) is 0. The summed E-state index contributed by atoms with van der Waals surface area (Å²) < 4.78 is 0. The average molecular weight is 222 g/mol. The number of rotatable bonds is 0. The Morgan fingerprint density at radius 1 is 0.933 bits per heavy atom. The third-order valence-electron chi connectivity index (χ3n) is 2.63. The number of aryl methyl sites for hydroxylation is 2. The molecule has 0 fully saturated rings. The second-order valence-electron chi connectivity index (χ2n) is 3.57. The van der Waals surface area contributed by atoms with E-state index in [0.717, 1.165) is 21.9 Å². The van der Waals surface area contributed by atoms with E-state index >= 15 is 0 Å². The van der Waals surface area contributed by atoms with Crippen molar-refractivity contribution in [2.24, 2.45) is 0 Å². The standard InChI is InChI=1S/C12H12O2.H2S/c1-7-5-12(14)10-4-3-9(13)6-11(10)8(7)2;/h3-6,13-14H,1-2H3;1H2. The average Bonchev–Trinajstić information content (AvgIpc) is 2.14. The number of hydrogen-bond acceptors (Lipinski definition) is 2. The van der Waals surface area contributed by atoms with Gasteiger partial charge in [-0.15, -0.1) is 0 Å². The topological polar surface area (TPSA) is 40.5 Å². The van der Waals surface area contributed by atoms with E-state index in [4.69, 9.17) is 0 Å². The van der Waals surface area contributed by atoms with Gasteiger partial charge in [0, 0.05) is 5.39 Å². The number of phenols is 2. The van der Waals surface area contributed by atoms with Gasteiger partial charge in [0.1, 0.15) is 11.5 Å². The van der Waals surface area contributed by atoms with Crippen LogP contribution in [0.1, 0.15) is 11.1 Å². The minimum absolute atomic E-state index is 0. The molecule has 15 heavy (non-hydrogen) atoms. The van der Waals surface area contributed by atoms with Crippen molar-refractivity contribution >= 4 is 24.3 Å². The van der Waals surface area contributed by atoms with Crippen molar-refractivity contribution in [1.29, 1.82) is 0 Å². The molecule has 0 radical (unpaired) electrons. The molecule has 0 unspecified atom stereocenters. The van der Waals surface area contributed by atoms with E-state index in [-0.39, 0.29) is 25.0 Å². The summed E-state index contributed by atoms with van der Waals surface area (Å²) in [5.74, 6) is 0.494. The number of benzene rings is 2. The first-order valence-electron chi connectivity index (χ1n) is 4.51. The van der Waals surface area contributed by atoms with Crippen molar-refractivity contribution in [2.45, 2.75) is 13.8 Å². The number of phenolic OH excluding ortho intramolecular Hbond substituents is 2. The van der Waals surface area contributed by atoms with Crippen molar-refractivity contribution in [1.82, 2.24) is 0 Å². The molecule has 0 atom stereocenters. The van der Waals surface area contributed by atoms with Crippen LogP contribution in [-0.4, -0.2) is 10.2 Å². The molecule has 0 saturated heterocycles. The second kappa shape index (κ2) is 4.03. The summed E-state index contributed by atoms with van der Waals surface area (Å²) in [5.41, 5.74) is 2.12. The Bertz CT molecular complexity index is 506. The molecule has 0 aromatic heterocycles. The van der Waals surface area contributed by atoms with Gasteiger partial charge in [-0.05, 0) is 54.6 Å². The lowest BCUT2D eigenvalue weighted by Gasteiger charge is -2.08. The lowest BCUT2D eigenvalue weighted by atomic mass is 10.00. The van der Waals surface area contributed by atoms with Crippen LogP contribution >= 0.6 is 13.5 Å². The van der Waals surface area contributed by atoms with E-state index in [2.05, 4.69) is 0 Å². The van der Waals surface area contributed by atoms with E-state index in [9.17, 15) is 10.2 Å². The van der Waals surface area contributed by atoms with Crippen molar-refractivity contribution in [3.05, 3.63) is 35.4 Å². The fraction of sp³-hybridized carbons (Fsp3) is 0.167. The van der Waals surface area contributed by atoms with Gasteiger partial charge in [0.15, 0.2) is 0 Å². The van der Waals surface area contributed by atoms with E-state index in [1.807, 2.05) is 13.8 Å². The third-order valence-corrected chi connectivity index (χ3v) is 2.63. The van der Waals surface area contributed by atoms with Crippen molar-refractivity contribution in [2.75, 3.05) is 0 Å². The highest BCUT2D eigenvalue weighted by atomic mass is 32.1. The summed E-state index contributed by atoms with van der Waals surface area (Å²) in [5, 5.41) is 20.7. The third kappa shape index (κ3) is 1.88. The first-order chi connectivity index (χ1) is 6.59. The minimum atomic E-state index is 0. The lowest BCUT2D eigenvalue weighted by molar-refractivity contribution is 0.475. The van der Waals surface area contributed by atoms with Crippen LogP contribution in [0.25, 0.3) is 10.8 Å². The molecule has 3 heteroatoms. The van der Waals surface area contributed by atoms with Gasteiger partial charge < -0.3 is 10.2 Å². The van der Waals surface area contributed by atoms with Gasteiger partial charge >= 0.3 is 0 Å². The Kier molecular flexibility index (Phi) is 3.15. The predicted molar refractivity (Wildman–Crippen MR) is 67.1 cm³/mol. The Hall–Kier alpha value is -1.35. The molecule has 2 N–H and O–H groups in total. The molecule has 0 aliphatic rings. The van der Waals surface area contributed by atoms with Crippen LogP contribution in [-0.2, 0) is 0 Å². The molecular weight excluding hydrogens is 208 g/mol. The van der Waals surface area contributed by atoms with Crippen LogP contribution in [0, 0.1) is 13.8 Å². The molecule has 0 amide bonds. The minimum Gasteiger partial charge on any atom is -0.508 e. The number of aromatic hydroxyl groups is 2. The van der Waals surface area contributed by atoms with Crippen molar-refractivity contribution in [3.8, 4) is 11.5 Å². The SMILES string of the molecule is Cc1cc(O)c2ccc(O)cc2c1C.S. The first-order valence-corrected chi connectivity index (χ1v) is 4.51. The highest BCUT2D eigenvalue weighted by molar-refractivity contribution is 7.59. The van der Waals surface area contributed by atoms with Crippen LogP contribution in [0.5, 0.6) is 11.5 Å². The van der Waals surface area contributed by atoms with Crippen LogP contribution < -0.4 is 0 Å². The monoisotopic (exact) mass is 222 g/mol. The fourth-order valence-electron chi connectivity index (χ4n) is 1.67. The second-order valence-corrected chi connectivity index (χ2v) is 3.57. The normalized spacial score (nSPS) is 10.0. The van der Waals surface area contributed by atoms with Crippen LogP contribution in [0.4, 0.5) is 0 Å². The molecule has 2 nitrogen and oxygen atoms in total. The van der Waals surface area contributed by atoms with Crippen molar-refractivity contribution < 1.29 is 10.2 Å². The van der Waals surface area contributed by atoms with Crippen LogP contribution in [0.3, 0.4) is 0 Å². The predicted octanol–water partition coefficient (Wildman–Crippen LogP) is 2.98. The maximum atomic E-state index is 9.69. The van der Waals surface area contributed by atoms with Gasteiger partial charge in [-0.3, -0.25) is 0 Å². The van der Waals surface area contributed by atoms with E-state index < -0.39 is 0 Å². The lowest BCUT2D eigenvalue weighted by Crippen LogP contribution is -1.84. The van der Waals surface area contributed by atoms with E-state index in [1.165, 1.54) is 0 Å². The molecule has 0 aliphatic heterocycles. The smallest absolute Gasteiger partial charge is 0.123 e. The molecule has 0 aliphatic carbocycles. The summed E-state index contributed by atoms with van der Waals surface area (Å²) in [6.45, 7) is 3.93.